The van der Waals surface area contributed by atoms with Crippen molar-refractivity contribution in [2.75, 3.05) is 26.3 Å². The van der Waals surface area contributed by atoms with E-state index in [-0.39, 0.29) is 5.54 Å². The topological polar surface area (TPSA) is 38.5 Å². The predicted molar refractivity (Wildman–Crippen MR) is 57.2 cm³/mol. The Kier molecular flexibility index (Phi) is 3.10. The second kappa shape index (κ2) is 4.17. The van der Waals surface area contributed by atoms with Crippen molar-refractivity contribution < 1.29 is 4.74 Å². The van der Waals surface area contributed by atoms with Gasteiger partial charge in [0, 0.05) is 24.7 Å². The number of rotatable bonds is 4. The lowest BCUT2D eigenvalue weighted by Gasteiger charge is -2.38. The van der Waals surface area contributed by atoms with E-state index in [2.05, 4.69) is 11.8 Å². The van der Waals surface area contributed by atoms with Gasteiger partial charge in [0.1, 0.15) is 0 Å². The molecule has 0 bridgehead atoms. The molecule has 0 spiro atoms. The third-order valence-corrected chi connectivity index (χ3v) is 3.54. The smallest absolute Gasteiger partial charge is 0.0594 e. The highest BCUT2D eigenvalue weighted by molar-refractivity contribution is 5.08. The Morgan fingerprint density at radius 3 is 2.50 bits per heavy atom. The third-order valence-electron chi connectivity index (χ3n) is 3.54. The highest BCUT2D eigenvalue weighted by Crippen LogP contribution is 2.40. The highest BCUT2D eigenvalue weighted by Gasteiger charge is 2.47. The van der Waals surface area contributed by atoms with Gasteiger partial charge in [-0.3, -0.25) is 4.90 Å². The summed E-state index contributed by atoms with van der Waals surface area (Å²) in [5.74, 6) is 0. The minimum Gasteiger partial charge on any atom is -0.379 e. The van der Waals surface area contributed by atoms with Crippen LogP contribution < -0.4 is 5.73 Å². The monoisotopic (exact) mass is 198 g/mol. The van der Waals surface area contributed by atoms with Crippen LogP contribution in [0.3, 0.4) is 0 Å². The molecule has 0 aromatic heterocycles. The van der Waals surface area contributed by atoms with Crippen LogP contribution >= 0.6 is 0 Å². The van der Waals surface area contributed by atoms with Gasteiger partial charge in [-0.2, -0.15) is 0 Å². The molecule has 3 nitrogen and oxygen atoms in total. The normalized spacial score (nSPS) is 28.7. The maximum Gasteiger partial charge on any atom is 0.0594 e. The Morgan fingerprint density at radius 1 is 1.36 bits per heavy atom. The minimum atomic E-state index is 0.146. The molecule has 0 radical (unpaired) electrons. The van der Waals surface area contributed by atoms with Crippen LogP contribution in [0.2, 0.25) is 0 Å². The van der Waals surface area contributed by atoms with Crippen molar-refractivity contribution in [3.8, 4) is 0 Å². The van der Waals surface area contributed by atoms with Crippen LogP contribution in [0.5, 0.6) is 0 Å². The van der Waals surface area contributed by atoms with Crippen LogP contribution in [0.15, 0.2) is 0 Å². The number of ether oxygens (including phenoxy) is 1. The maximum absolute atomic E-state index is 6.33. The lowest BCUT2D eigenvalue weighted by atomic mass is 9.99. The summed E-state index contributed by atoms with van der Waals surface area (Å²) in [6, 6.07) is 0.608. The van der Waals surface area contributed by atoms with Crippen molar-refractivity contribution in [3.63, 3.8) is 0 Å². The number of hydrogen-bond acceptors (Lipinski definition) is 3. The fourth-order valence-corrected chi connectivity index (χ4v) is 2.47. The maximum atomic E-state index is 6.33. The van der Waals surface area contributed by atoms with Gasteiger partial charge in [0.15, 0.2) is 0 Å². The van der Waals surface area contributed by atoms with Crippen LogP contribution in [0.4, 0.5) is 0 Å². The average molecular weight is 198 g/mol. The molecule has 1 heterocycles. The average Bonchev–Trinajstić information content (AvgIpc) is 2.95. The van der Waals surface area contributed by atoms with E-state index >= 15 is 0 Å². The molecule has 1 aliphatic carbocycles. The van der Waals surface area contributed by atoms with Gasteiger partial charge in [0.25, 0.3) is 0 Å². The molecule has 1 aliphatic heterocycles. The molecule has 1 saturated carbocycles. The van der Waals surface area contributed by atoms with Crippen LogP contribution in [0.1, 0.15) is 32.6 Å². The van der Waals surface area contributed by atoms with E-state index in [1.54, 1.807) is 0 Å². The van der Waals surface area contributed by atoms with Crippen molar-refractivity contribution in [1.82, 2.24) is 4.90 Å². The van der Waals surface area contributed by atoms with E-state index in [0.29, 0.717) is 6.04 Å². The molecule has 2 fully saturated rings. The van der Waals surface area contributed by atoms with Crippen molar-refractivity contribution >= 4 is 0 Å². The first-order valence-electron chi connectivity index (χ1n) is 5.87. The van der Waals surface area contributed by atoms with Gasteiger partial charge in [-0.1, -0.05) is 13.3 Å². The van der Waals surface area contributed by atoms with Gasteiger partial charge in [-0.25, -0.2) is 0 Å². The highest BCUT2D eigenvalue weighted by atomic mass is 16.5. The molecule has 82 valence electrons. The van der Waals surface area contributed by atoms with Gasteiger partial charge in [-0.05, 0) is 19.3 Å². The fourth-order valence-electron chi connectivity index (χ4n) is 2.47. The Bertz CT molecular complexity index is 186. The minimum absolute atomic E-state index is 0.146. The summed E-state index contributed by atoms with van der Waals surface area (Å²) in [6.07, 6.45) is 4.92. The number of hydrogen-bond donors (Lipinski definition) is 1. The van der Waals surface area contributed by atoms with Crippen molar-refractivity contribution in [2.45, 2.75) is 44.2 Å². The Balaban J connectivity index is 1.94. The molecule has 3 heteroatoms. The molecular formula is C11H22N2O. The first-order valence-corrected chi connectivity index (χ1v) is 5.87. The molecule has 0 aromatic carbocycles. The summed E-state index contributed by atoms with van der Waals surface area (Å²) in [6.45, 7) is 6.17. The van der Waals surface area contributed by atoms with Gasteiger partial charge in [0.2, 0.25) is 0 Å². The molecule has 2 aliphatic rings. The molecule has 14 heavy (non-hydrogen) atoms. The Hall–Kier alpha value is -0.120. The van der Waals surface area contributed by atoms with Gasteiger partial charge < -0.3 is 10.5 Å². The van der Waals surface area contributed by atoms with E-state index < -0.39 is 0 Å². The molecule has 0 amide bonds. The summed E-state index contributed by atoms with van der Waals surface area (Å²) >= 11 is 0. The molecule has 0 aromatic rings. The molecule has 2 N–H and O–H groups in total. The lowest BCUT2D eigenvalue weighted by molar-refractivity contribution is 0.00634. The van der Waals surface area contributed by atoms with Crippen LogP contribution in [-0.2, 0) is 4.74 Å². The second-order valence-corrected chi connectivity index (χ2v) is 4.69. The van der Waals surface area contributed by atoms with Gasteiger partial charge in [-0.15, -0.1) is 0 Å². The predicted octanol–water partition coefficient (Wildman–Crippen LogP) is 0.979. The van der Waals surface area contributed by atoms with Crippen LogP contribution in [-0.4, -0.2) is 42.8 Å². The van der Waals surface area contributed by atoms with E-state index in [0.717, 1.165) is 26.3 Å². The number of morpholine rings is 1. The van der Waals surface area contributed by atoms with E-state index in [4.69, 9.17) is 10.5 Å². The van der Waals surface area contributed by atoms with Crippen molar-refractivity contribution in [2.24, 2.45) is 5.73 Å². The molecular weight excluding hydrogens is 176 g/mol. The Morgan fingerprint density at radius 2 is 2.00 bits per heavy atom. The first-order chi connectivity index (χ1) is 6.76. The van der Waals surface area contributed by atoms with E-state index in [9.17, 15) is 0 Å². The molecule has 1 atom stereocenters. The summed E-state index contributed by atoms with van der Waals surface area (Å²) in [7, 11) is 0. The quantitative estimate of drug-likeness (QED) is 0.732. The van der Waals surface area contributed by atoms with Crippen molar-refractivity contribution in [1.29, 1.82) is 0 Å². The summed E-state index contributed by atoms with van der Waals surface area (Å²) in [5, 5.41) is 0. The largest absolute Gasteiger partial charge is 0.379 e. The van der Waals surface area contributed by atoms with Crippen LogP contribution in [0, 0.1) is 0 Å². The van der Waals surface area contributed by atoms with Crippen molar-refractivity contribution in [3.05, 3.63) is 0 Å². The zero-order valence-electron chi connectivity index (χ0n) is 9.17. The van der Waals surface area contributed by atoms with Crippen LogP contribution in [0.25, 0.3) is 0 Å². The fraction of sp³-hybridized carbons (Fsp3) is 1.00. The van der Waals surface area contributed by atoms with Gasteiger partial charge >= 0.3 is 0 Å². The molecule has 1 unspecified atom stereocenters. The first kappa shape index (κ1) is 10.4. The van der Waals surface area contributed by atoms with Gasteiger partial charge in [0.05, 0.1) is 13.2 Å². The summed E-state index contributed by atoms with van der Waals surface area (Å²) in [4.78, 5) is 2.54. The summed E-state index contributed by atoms with van der Waals surface area (Å²) in [5.41, 5.74) is 6.47. The lowest BCUT2D eigenvalue weighted by Crippen LogP contribution is -2.53. The second-order valence-electron chi connectivity index (χ2n) is 4.69. The zero-order chi connectivity index (χ0) is 10.0. The zero-order valence-corrected chi connectivity index (χ0v) is 9.17. The third kappa shape index (κ3) is 2.10. The Labute approximate surface area is 86.6 Å². The summed E-state index contributed by atoms with van der Waals surface area (Å²) < 4.78 is 5.38. The molecule has 2 rings (SSSR count). The van der Waals surface area contributed by atoms with E-state index in [1.807, 2.05) is 0 Å². The SMILES string of the molecule is CCCC(N1CCOCC1)C1(N)CC1. The van der Waals surface area contributed by atoms with E-state index in [1.165, 1.54) is 25.7 Å². The standard InChI is InChI=1S/C11H22N2O/c1-2-3-10(11(12)4-5-11)13-6-8-14-9-7-13/h10H,2-9,12H2,1H3. The number of nitrogens with zero attached hydrogens (tertiary/aromatic N) is 1. The molecule has 1 saturated heterocycles. The number of nitrogens with two attached hydrogens (primary N) is 1.